The van der Waals surface area contributed by atoms with Crippen LogP contribution in [0.4, 0.5) is 5.82 Å². The van der Waals surface area contributed by atoms with Crippen LogP contribution < -0.4 is 4.90 Å². The second kappa shape index (κ2) is 5.77. The topological polar surface area (TPSA) is 38.4 Å². The maximum atomic E-state index is 4.95. The van der Waals surface area contributed by atoms with Crippen molar-refractivity contribution in [2.24, 2.45) is 0 Å². The molecule has 0 radical (unpaired) electrons. The van der Waals surface area contributed by atoms with Crippen LogP contribution in [0.15, 0.2) is 73.3 Å². The summed E-state index contributed by atoms with van der Waals surface area (Å²) >= 11 is 0. The molecule has 0 spiro atoms. The second-order valence-electron chi connectivity index (χ2n) is 6.44. The summed E-state index contributed by atoms with van der Waals surface area (Å²) in [6.07, 6.45) is 10.3. The Bertz CT molecular complexity index is 988. The van der Waals surface area contributed by atoms with Gasteiger partial charge in [-0.25, -0.2) is 9.50 Å². The minimum Gasteiger partial charge on any atom is -0.349 e. The van der Waals surface area contributed by atoms with Gasteiger partial charge in [0.15, 0.2) is 5.65 Å². The fraction of sp³-hybridized carbons (Fsp3) is 0.200. The SMILES string of the molecule is c1ccc(C2CCCN2c2ccn3ncc(-n4cccc4)c3n2)cc1. The Morgan fingerprint density at radius 3 is 2.60 bits per heavy atom. The molecule has 1 atom stereocenters. The third kappa shape index (κ3) is 2.39. The zero-order chi connectivity index (χ0) is 16.6. The molecule has 1 fully saturated rings. The zero-order valence-corrected chi connectivity index (χ0v) is 13.9. The molecule has 4 heterocycles. The fourth-order valence-corrected chi connectivity index (χ4v) is 3.75. The molecule has 0 aliphatic carbocycles. The van der Waals surface area contributed by atoms with Gasteiger partial charge in [0.25, 0.3) is 0 Å². The smallest absolute Gasteiger partial charge is 0.181 e. The first-order valence-electron chi connectivity index (χ1n) is 8.69. The molecule has 5 heteroatoms. The van der Waals surface area contributed by atoms with Crippen molar-refractivity contribution < 1.29 is 0 Å². The van der Waals surface area contributed by atoms with Crippen LogP contribution in [0.2, 0.25) is 0 Å². The number of benzene rings is 1. The summed E-state index contributed by atoms with van der Waals surface area (Å²) in [6.45, 7) is 1.04. The van der Waals surface area contributed by atoms with Crippen LogP contribution in [-0.2, 0) is 0 Å². The lowest BCUT2D eigenvalue weighted by Gasteiger charge is -2.26. The van der Waals surface area contributed by atoms with E-state index < -0.39 is 0 Å². The van der Waals surface area contributed by atoms with Crippen LogP contribution in [0.1, 0.15) is 24.4 Å². The van der Waals surface area contributed by atoms with Crippen LogP contribution in [0, 0.1) is 0 Å². The Kier molecular flexibility index (Phi) is 3.30. The predicted molar refractivity (Wildman–Crippen MR) is 98.1 cm³/mol. The normalized spacial score (nSPS) is 17.4. The third-order valence-electron chi connectivity index (χ3n) is 4.95. The van der Waals surface area contributed by atoms with Gasteiger partial charge in [-0.1, -0.05) is 30.3 Å². The molecule has 1 saturated heterocycles. The van der Waals surface area contributed by atoms with Gasteiger partial charge in [-0.15, -0.1) is 0 Å². The van der Waals surface area contributed by atoms with Gasteiger partial charge in [0.05, 0.1) is 12.2 Å². The predicted octanol–water partition coefficient (Wildman–Crippen LogP) is 3.86. The zero-order valence-electron chi connectivity index (χ0n) is 13.9. The second-order valence-corrected chi connectivity index (χ2v) is 6.44. The number of fused-ring (bicyclic) bond motifs is 1. The van der Waals surface area contributed by atoms with Crippen molar-refractivity contribution in [1.29, 1.82) is 0 Å². The molecule has 5 nitrogen and oxygen atoms in total. The summed E-state index contributed by atoms with van der Waals surface area (Å²) in [4.78, 5) is 7.37. The first-order chi connectivity index (χ1) is 12.4. The molecule has 4 aromatic rings. The van der Waals surface area contributed by atoms with Gasteiger partial charge in [0, 0.05) is 25.1 Å². The van der Waals surface area contributed by atoms with E-state index in [1.165, 1.54) is 18.4 Å². The lowest BCUT2D eigenvalue weighted by atomic mass is 10.0. The quantitative estimate of drug-likeness (QED) is 0.573. The molecular weight excluding hydrogens is 310 g/mol. The molecule has 0 amide bonds. The van der Waals surface area contributed by atoms with E-state index >= 15 is 0 Å². The molecule has 1 unspecified atom stereocenters. The lowest BCUT2D eigenvalue weighted by Crippen LogP contribution is -2.23. The molecule has 25 heavy (non-hydrogen) atoms. The van der Waals surface area contributed by atoms with E-state index in [-0.39, 0.29) is 0 Å². The number of hydrogen-bond donors (Lipinski definition) is 0. The molecule has 124 valence electrons. The van der Waals surface area contributed by atoms with Gasteiger partial charge in [0.2, 0.25) is 0 Å². The first-order valence-corrected chi connectivity index (χ1v) is 8.69. The average molecular weight is 329 g/mol. The minimum atomic E-state index is 0.397. The highest BCUT2D eigenvalue weighted by molar-refractivity contribution is 5.61. The third-order valence-corrected chi connectivity index (χ3v) is 4.95. The van der Waals surface area contributed by atoms with Crippen molar-refractivity contribution in [3.8, 4) is 5.69 Å². The summed E-state index contributed by atoms with van der Waals surface area (Å²) in [7, 11) is 0. The lowest BCUT2D eigenvalue weighted by molar-refractivity contribution is 0.710. The van der Waals surface area contributed by atoms with Crippen molar-refractivity contribution in [3.63, 3.8) is 0 Å². The molecule has 1 aliphatic rings. The number of rotatable bonds is 3. The van der Waals surface area contributed by atoms with Gasteiger partial charge < -0.3 is 9.47 Å². The highest BCUT2D eigenvalue weighted by Gasteiger charge is 2.27. The van der Waals surface area contributed by atoms with Crippen LogP contribution in [-0.4, -0.2) is 25.7 Å². The summed E-state index contributed by atoms with van der Waals surface area (Å²) in [5.74, 6) is 1.02. The van der Waals surface area contributed by atoms with E-state index in [0.717, 1.165) is 23.7 Å². The summed E-state index contributed by atoms with van der Waals surface area (Å²) < 4.78 is 3.89. The number of nitrogens with zero attached hydrogens (tertiary/aromatic N) is 5. The van der Waals surface area contributed by atoms with Crippen molar-refractivity contribution in [1.82, 2.24) is 19.2 Å². The van der Waals surface area contributed by atoms with E-state index in [4.69, 9.17) is 4.98 Å². The molecule has 0 bridgehead atoms. The van der Waals surface area contributed by atoms with Crippen molar-refractivity contribution >= 4 is 11.5 Å². The fourth-order valence-electron chi connectivity index (χ4n) is 3.75. The molecule has 0 N–H and O–H groups in total. The van der Waals surface area contributed by atoms with Gasteiger partial charge >= 0.3 is 0 Å². The van der Waals surface area contributed by atoms with Crippen molar-refractivity contribution in [2.75, 3.05) is 11.4 Å². The number of anilines is 1. The maximum Gasteiger partial charge on any atom is 0.181 e. The van der Waals surface area contributed by atoms with E-state index in [0.29, 0.717) is 6.04 Å². The van der Waals surface area contributed by atoms with Crippen LogP contribution in [0.5, 0.6) is 0 Å². The van der Waals surface area contributed by atoms with Gasteiger partial charge in [-0.05, 0) is 36.6 Å². The largest absolute Gasteiger partial charge is 0.349 e. The molecule has 0 saturated carbocycles. The molecule has 5 rings (SSSR count). The number of aromatic nitrogens is 4. The van der Waals surface area contributed by atoms with Crippen LogP contribution in [0.25, 0.3) is 11.3 Å². The molecular formula is C20H19N5. The van der Waals surface area contributed by atoms with Gasteiger partial charge in [-0.3, -0.25) is 0 Å². The van der Waals surface area contributed by atoms with Crippen molar-refractivity contribution in [2.45, 2.75) is 18.9 Å². The number of hydrogen-bond acceptors (Lipinski definition) is 3. The first kappa shape index (κ1) is 14.3. The highest BCUT2D eigenvalue weighted by atomic mass is 15.3. The maximum absolute atomic E-state index is 4.95. The van der Waals surface area contributed by atoms with Gasteiger partial charge in [0.1, 0.15) is 11.5 Å². The minimum absolute atomic E-state index is 0.397. The summed E-state index contributed by atoms with van der Waals surface area (Å²) in [5.41, 5.74) is 3.25. The molecule has 3 aromatic heterocycles. The average Bonchev–Trinajstić information content (AvgIpc) is 3.40. The standard InChI is InChI=1S/C20H19N5/c1-2-7-16(8-3-1)17-9-6-13-24(17)19-10-14-25-20(22-19)18(15-21-25)23-11-4-5-12-23/h1-5,7-8,10-12,14-15,17H,6,9,13H2. The Morgan fingerprint density at radius 2 is 1.76 bits per heavy atom. The molecule has 1 aromatic carbocycles. The van der Waals surface area contributed by atoms with E-state index in [1.807, 2.05) is 41.4 Å². The van der Waals surface area contributed by atoms with E-state index in [2.05, 4.69) is 51.0 Å². The Labute approximate surface area is 146 Å². The van der Waals surface area contributed by atoms with Gasteiger partial charge in [-0.2, -0.15) is 5.10 Å². The summed E-state index contributed by atoms with van der Waals surface area (Å²) in [5, 5.41) is 4.43. The highest BCUT2D eigenvalue weighted by Crippen LogP contribution is 2.35. The Morgan fingerprint density at radius 1 is 0.920 bits per heavy atom. The Balaban J connectivity index is 1.57. The van der Waals surface area contributed by atoms with E-state index in [9.17, 15) is 0 Å². The molecule has 1 aliphatic heterocycles. The van der Waals surface area contributed by atoms with E-state index in [1.54, 1.807) is 0 Å². The monoisotopic (exact) mass is 329 g/mol. The van der Waals surface area contributed by atoms with Crippen LogP contribution >= 0.6 is 0 Å². The Hall–Kier alpha value is -3.08. The van der Waals surface area contributed by atoms with Crippen molar-refractivity contribution in [3.05, 3.63) is 78.9 Å². The van der Waals surface area contributed by atoms with Crippen LogP contribution in [0.3, 0.4) is 0 Å². The summed E-state index contributed by atoms with van der Waals surface area (Å²) in [6, 6.07) is 17.2.